The van der Waals surface area contributed by atoms with Crippen LogP contribution < -0.4 is 10.6 Å². The number of aromatic nitrogens is 2. The topological polar surface area (TPSA) is 66.9 Å². The van der Waals surface area contributed by atoms with Crippen LogP contribution in [0.2, 0.25) is 5.02 Å². The van der Waals surface area contributed by atoms with Crippen LogP contribution in [0, 0.1) is 5.82 Å². The van der Waals surface area contributed by atoms with Crippen LogP contribution in [0.4, 0.5) is 21.7 Å². The standard InChI is InChI=1S/C17H12ClFN4O/c18-12-5-3-4-11(10-12)17(24)21-16-9-8-15(22-23-16)20-14-7-2-1-6-13(14)19/h1-10H,(H,20,22)(H,21,23,24). The largest absolute Gasteiger partial charge is 0.336 e. The van der Waals surface area contributed by atoms with Gasteiger partial charge in [0.15, 0.2) is 11.6 Å². The first-order valence-electron chi connectivity index (χ1n) is 7.04. The van der Waals surface area contributed by atoms with Gasteiger partial charge >= 0.3 is 0 Å². The van der Waals surface area contributed by atoms with Gasteiger partial charge in [-0.2, -0.15) is 0 Å². The van der Waals surface area contributed by atoms with Gasteiger partial charge in [0.1, 0.15) is 5.82 Å². The molecule has 5 nitrogen and oxygen atoms in total. The first-order chi connectivity index (χ1) is 11.6. The highest BCUT2D eigenvalue weighted by Crippen LogP contribution is 2.18. The molecule has 120 valence electrons. The Balaban J connectivity index is 1.68. The van der Waals surface area contributed by atoms with Gasteiger partial charge in [0.25, 0.3) is 5.91 Å². The van der Waals surface area contributed by atoms with E-state index < -0.39 is 5.82 Å². The molecule has 24 heavy (non-hydrogen) atoms. The molecule has 0 radical (unpaired) electrons. The number of para-hydroxylation sites is 1. The van der Waals surface area contributed by atoms with Crippen LogP contribution in [0.15, 0.2) is 60.7 Å². The maximum absolute atomic E-state index is 13.6. The number of hydrogen-bond donors (Lipinski definition) is 2. The Labute approximate surface area is 142 Å². The van der Waals surface area contributed by atoms with Crippen LogP contribution in [0.1, 0.15) is 10.4 Å². The van der Waals surface area contributed by atoms with E-state index in [0.717, 1.165) is 0 Å². The molecule has 0 unspecified atom stereocenters. The summed E-state index contributed by atoms with van der Waals surface area (Å²) in [4.78, 5) is 12.1. The minimum atomic E-state index is -0.391. The second kappa shape index (κ2) is 7.06. The molecule has 0 aliphatic carbocycles. The van der Waals surface area contributed by atoms with Crippen molar-refractivity contribution in [1.82, 2.24) is 10.2 Å². The van der Waals surface area contributed by atoms with Gasteiger partial charge in [-0.3, -0.25) is 4.79 Å². The lowest BCUT2D eigenvalue weighted by atomic mass is 10.2. The molecule has 3 aromatic rings. The highest BCUT2D eigenvalue weighted by atomic mass is 35.5. The van der Waals surface area contributed by atoms with Gasteiger partial charge in [-0.15, -0.1) is 10.2 Å². The van der Waals surface area contributed by atoms with Crippen molar-refractivity contribution in [3.8, 4) is 0 Å². The molecule has 1 heterocycles. The van der Waals surface area contributed by atoms with Crippen LogP contribution in [0.3, 0.4) is 0 Å². The highest BCUT2D eigenvalue weighted by Gasteiger charge is 2.08. The Morgan fingerprint density at radius 2 is 1.71 bits per heavy atom. The van der Waals surface area contributed by atoms with Crippen LogP contribution in [-0.2, 0) is 0 Å². The van der Waals surface area contributed by atoms with Gasteiger partial charge in [0.2, 0.25) is 0 Å². The Bertz CT molecular complexity index is 870. The zero-order chi connectivity index (χ0) is 16.9. The van der Waals surface area contributed by atoms with Crippen molar-refractivity contribution in [2.75, 3.05) is 10.6 Å². The fraction of sp³-hybridized carbons (Fsp3) is 0. The molecular weight excluding hydrogens is 331 g/mol. The normalized spacial score (nSPS) is 10.2. The van der Waals surface area contributed by atoms with E-state index in [0.29, 0.717) is 22.1 Å². The third-order valence-corrected chi connectivity index (χ3v) is 3.36. The number of nitrogens with one attached hydrogen (secondary N) is 2. The molecule has 2 N–H and O–H groups in total. The van der Waals surface area contributed by atoms with Crippen LogP contribution in [-0.4, -0.2) is 16.1 Å². The van der Waals surface area contributed by atoms with Crippen molar-refractivity contribution >= 4 is 34.8 Å². The lowest BCUT2D eigenvalue weighted by molar-refractivity contribution is 0.102. The van der Waals surface area contributed by atoms with Crippen LogP contribution in [0.25, 0.3) is 0 Å². The molecule has 1 amide bonds. The molecule has 0 spiro atoms. The van der Waals surface area contributed by atoms with Crippen LogP contribution in [0.5, 0.6) is 0 Å². The lowest BCUT2D eigenvalue weighted by Gasteiger charge is -2.07. The van der Waals surface area contributed by atoms with Crippen molar-refractivity contribution in [3.05, 3.63) is 77.1 Å². The van der Waals surface area contributed by atoms with E-state index in [1.54, 1.807) is 54.6 Å². The zero-order valence-corrected chi connectivity index (χ0v) is 13.1. The highest BCUT2D eigenvalue weighted by molar-refractivity contribution is 6.31. The Hall–Kier alpha value is -2.99. The Kier molecular flexibility index (Phi) is 4.67. The van der Waals surface area contributed by atoms with E-state index in [4.69, 9.17) is 11.6 Å². The van der Waals surface area contributed by atoms with E-state index in [1.807, 2.05) is 0 Å². The quantitative estimate of drug-likeness (QED) is 0.743. The Morgan fingerprint density at radius 1 is 0.958 bits per heavy atom. The van der Waals surface area contributed by atoms with E-state index in [-0.39, 0.29) is 11.7 Å². The molecule has 0 fully saturated rings. The molecule has 0 bridgehead atoms. The van der Waals surface area contributed by atoms with E-state index in [2.05, 4.69) is 20.8 Å². The monoisotopic (exact) mass is 342 g/mol. The summed E-state index contributed by atoms with van der Waals surface area (Å²) in [5.74, 6) is -0.0980. The summed E-state index contributed by atoms with van der Waals surface area (Å²) in [5, 5.41) is 13.7. The van der Waals surface area contributed by atoms with Gasteiger partial charge < -0.3 is 10.6 Å². The van der Waals surface area contributed by atoms with Crippen molar-refractivity contribution in [3.63, 3.8) is 0 Å². The second-order valence-corrected chi connectivity index (χ2v) is 5.31. The van der Waals surface area contributed by atoms with Gasteiger partial charge in [0, 0.05) is 10.6 Å². The lowest BCUT2D eigenvalue weighted by Crippen LogP contribution is -2.13. The molecule has 3 rings (SSSR count). The first kappa shape index (κ1) is 15.9. The number of rotatable bonds is 4. The Morgan fingerprint density at radius 3 is 2.42 bits per heavy atom. The van der Waals surface area contributed by atoms with Gasteiger partial charge in [0.05, 0.1) is 5.69 Å². The second-order valence-electron chi connectivity index (χ2n) is 4.87. The summed E-state index contributed by atoms with van der Waals surface area (Å²) in [7, 11) is 0. The molecule has 0 saturated heterocycles. The molecule has 7 heteroatoms. The smallest absolute Gasteiger partial charge is 0.256 e. The predicted molar refractivity (Wildman–Crippen MR) is 91.1 cm³/mol. The van der Waals surface area contributed by atoms with Crippen molar-refractivity contribution in [1.29, 1.82) is 0 Å². The number of anilines is 3. The van der Waals surface area contributed by atoms with E-state index in [9.17, 15) is 9.18 Å². The van der Waals surface area contributed by atoms with Crippen molar-refractivity contribution in [2.24, 2.45) is 0 Å². The molecule has 0 saturated carbocycles. The van der Waals surface area contributed by atoms with Gasteiger partial charge in [-0.05, 0) is 42.5 Å². The maximum Gasteiger partial charge on any atom is 0.256 e. The number of halogens is 2. The minimum Gasteiger partial charge on any atom is -0.336 e. The summed E-state index contributed by atoms with van der Waals surface area (Å²) in [5.41, 5.74) is 0.709. The summed E-state index contributed by atoms with van der Waals surface area (Å²) >= 11 is 5.86. The average Bonchev–Trinajstić information content (AvgIpc) is 2.58. The fourth-order valence-corrected chi connectivity index (χ4v) is 2.17. The number of hydrogen-bond acceptors (Lipinski definition) is 4. The summed E-state index contributed by atoms with van der Waals surface area (Å²) in [6.45, 7) is 0. The molecular formula is C17H12ClFN4O. The molecule has 0 aliphatic rings. The number of carbonyl (C=O) groups excluding carboxylic acids is 1. The summed E-state index contributed by atoms with van der Waals surface area (Å²) in [6.07, 6.45) is 0. The number of benzene rings is 2. The van der Waals surface area contributed by atoms with Crippen molar-refractivity contribution in [2.45, 2.75) is 0 Å². The molecule has 2 aromatic carbocycles. The predicted octanol–water partition coefficient (Wildman–Crippen LogP) is 4.27. The van der Waals surface area contributed by atoms with E-state index in [1.165, 1.54) is 6.07 Å². The molecule has 1 aromatic heterocycles. The SMILES string of the molecule is O=C(Nc1ccc(Nc2ccccc2F)nn1)c1cccc(Cl)c1. The third kappa shape index (κ3) is 3.85. The summed E-state index contributed by atoms with van der Waals surface area (Å²) in [6, 6.07) is 16.0. The zero-order valence-electron chi connectivity index (χ0n) is 12.3. The first-order valence-corrected chi connectivity index (χ1v) is 7.42. The molecule has 0 aliphatic heterocycles. The maximum atomic E-state index is 13.6. The van der Waals surface area contributed by atoms with E-state index >= 15 is 0 Å². The van der Waals surface area contributed by atoms with Gasteiger partial charge in [-0.25, -0.2) is 4.39 Å². The number of nitrogens with zero attached hydrogens (tertiary/aromatic N) is 2. The average molecular weight is 343 g/mol. The van der Waals surface area contributed by atoms with Crippen molar-refractivity contribution < 1.29 is 9.18 Å². The molecule has 0 atom stereocenters. The third-order valence-electron chi connectivity index (χ3n) is 3.13. The van der Waals surface area contributed by atoms with Gasteiger partial charge in [-0.1, -0.05) is 29.8 Å². The number of carbonyl (C=O) groups is 1. The fourth-order valence-electron chi connectivity index (χ4n) is 1.98. The summed E-state index contributed by atoms with van der Waals surface area (Å²) < 4.78 is 13.6. The van der Waals surface area contributed by atoms with Crippen LogP contribution >= 0.6 is 11.6 Å². The minimum absolute atomic E-state index is 0.277. The number of amides is 1.